The molecule has 1 saturated heterocycles. The number of aromatic carboxylic acids is 1. The van der Waals surface area contributed by atoms with E-state index in [2.05, 4.69) is 18.7 Å². The van der Waals surface area contributed by atoms with Crippen molar-refractivity contribution in [2.45, 2.75) is 26.7 Å². The van der Waals surface area contributed by atoms with Gasteiger partial charge in [0.2, 0.25) is 0 Å². The van der Waals surface area contributed by atoms with Crippen LogP contribution in [0.5, 0.6) is 5.75 Å². The maximum atomic E-state index is 10.8. The van der Waals surface area contributed by atoms with Crippen molar-refractivity contribution in [1.82, 2.24) is 4.90 Å². The van der Waals surface area contributed by atoms with Crippen molar-refractivity contribution in [3.63, 3.8) is 0 Å². The summed E-state index contributed by atoms with van der Waals surface area (Å²) in [5.74, 6) is 1.41. The number of rotatable bonds is 6. The fourth-order valence-electron chi connectivity index (χ4n) is 3.15. The third-order valence-electron chi connectivity index (χ3n) is 3.93. The van der Waals surface area contributed by atoms with E-state index in [9.17, 15) is 4.79 Å². The van der Waals surface area contributed by atoms with E-state index in [4.69, 9.17) is 9.84 Å². The molecular weight excluding hydrogens is 266 g/mol. The van der Waals surface area contributed by atoms with Crippen LogP contribution in [0, 0.1) is 11.8 Å². The summed E-state index contributed by atoms with van der Waals surface area (Å²) in [6.45, 7) is 8.77. The van der Waals surface area contributed by atoms with Crippen molar-refractivity contribution in [3.05, 3.63) is 29.8 Å². The lowest BCUT2D eigenvalue weighted by Gasteiger charge is -2.34. The maximum Gasteiger partial charge on any atom is 0.335 e. The fourth-order valence-corrected chi connectivity index (χ4v) is 3.15. The van der Waals surface area contributed by atoms with Crippen LogP contribution in [0.1, 0.15) is 37.0 Å². The van der Waals surface area contributed by atoms with Crippen LogP contribution in [0.15, 0.2) is 24.3 Å². The highest BCUT2D eigenvalue weighted by Gasteiger charge is 2.20. The van der Waals surface area contributed by atoms with Gasteiger partial charge in [0, 0.05) is 19.6 Å². The largest absolute Gasteiger partial charge is 0.494 e. The van der Waals surface area contributed by atoms with E-state index in [1.165, 1.54) is 19.5 Å². The van der Waals surface area contributed by atoms with Gasteiger partial charge >= 0.3 is 5.97 Å². The van der Waals surface area contributed by atoms with Crippen molar-refractivity contribution in [2.24, 2.45) is 11.8 Å². The number of ether oxygens (including phenoxy) is 1. The SMILES string of the molecule is C[C@@H]1C[C@H](C)CN(CCCOc2ccc(C(=O)O)cc2)C1. The number of carbonyl (C=O) groups is 1. The topological polar surface area (TPSA) is 49.8 Å². The van der Waals surface area contributed by atoms with Gasteiger partial charge in [-0.1, -0.05) is 13.8 Å². The summed E-state index contributed by atoms with van der Waals surface area (Å²) >= 11 is 0. The normalized spacial score (nSPS) is 23.0. The Balaban J connectivity index is 1.68. The highest BCUT2D eigenvalue weighted by molar-refractivity contribution is 5.87. The van der Waals surface area contributed by atoms with Gasteiger partial charge in [-0.3, -0.25) is 0 Å². The molecule has 1 heterocycles. The lowest BCUT2D eigenvalue weighted by Crippen LogP contribution is -2.39. The number of piperidine rings is 1. The number of carboxylic acid groups (broad SMARTS) is 1. The Kier molecular flexibility index (Phi) is 5.62. The van der Waals surface area contributed by atoms with Gasteiger partial charge in [-0.15, -0.1) is 0 Å². The Morgan fingerprint density at radius 3 is 2.43 bits per heavy atom. The Morgan fingerprint density at radius 2 is 1.86 bits per heavy atom. The van der Waals surface area contributed by atoms with E-state index >= 15 is 0 Å². The van der Waals surface area contributed by atoms with E-state index in [-0.39, 0.29) is 0 Å². The summed E-state index contributed by atoms with van der Waals surface area (Å²) in [6.07, 6.45) is 2.34. The first-order valence-electron chi connectivity index (χ1n) is 7.73. The van der Waals surface area contributed by atoms with E-state index in [1.807, 2.05) is 0 Å². The summed E-state index contributed by atoms with van der Waals surface area (Å²) in [7, 11) is 0. The summed E-state index contributed by atoms with van der Waals surface area (Å²) in [4.78, 5) is 13.3. The standard InChI is InChI=1S/C17H25NO3/c1-13-10-14(2)12-18(11-13)8-3-9-21-16-6-4-15(5-7-16)17(19)20/h4-7,13-14H,3,8-12H2,1-2H3,(H,19,20)/t13-,14+. The van der Waals surface area contributed by atoms with E-state index in [1.54, 1.807) is 24.3 Å². The third-order valence-corrected chi connectivity index (χ3v) is 3.93. The van der Waals surface area contributed by atoms with Gasteiger partial charge in [0.05, 0.1) is 12.2 Å². The number of likely N-dealkylation sites (tertiary alicyclic amines) is 1. The van der Waals surface area contributed by atoms with Crippen LogP contribution in [-0.4, -0.2) is 42.2 Å². The molecule has 1 fully saturated rings. The molecule has 1 aliphatic rings. The van der Waals surface area contributed by atoms with Gasteiger partial charge in [0.15, 0.2) is 0 Å². The molecule has 1 aromatic rings. The van der Waals surface area contributed by atoms with Crippen LogP contribution in [0.4, 0.5) is 0 Å². The number of nitrogens with zero attached hydrogens (tertiary/aromatic N) is 1. The molecular formula is C17H25NO3. The lowest BCUT2D eigenvalue weighted by atomic mass is 9.92. The van der Waals surface area contributed by atoms with Gasteiger partial charge in [-0.25, -0.2) is 4.79 Å². The maximum absolute atomic E-state index is 10.8. The molecule has 1 aliphatic heterocycles. The first kappa shape index (κ1) is 15.8. The zero-order valence-corrected chi connectivity index (χ0v) is 12.9. The summed E-state index contributed by atoms with van der Waals surface area (Å²) in [6, 6.07) is 6.58. The molecule has 0 unspecified atom stereocenters. The molecule has 0 amide bonds. The number of benzene rings is 1. The Hall–Kier alpha value is -1.55. The smallest absolute Gasteiger partial charge is 0.335 e. The summed E-state index contributed by atoms with van der Waals surface area (Å²) in [5, 5.41) is 8.83. The quantitative estimate of drug-likeness (QED) is 0.818. The first-order valence-corrected chi connectivity index (χ1v) is 7.73. The number of hydrogen-bond acceptors (Lipinski definition) is 3. The minimum atomic E-state index is -0.908. The molecule has 4 nitrogen and oxygen atoms in total. The molecule has 0 spiro atoms. The highest BCUT2D eigenvalue weighted by atomic mass is 16.5. The predicted octanol–water partition coefficient (Wildman–Crippen LogP) is 3.13. The van der Waals surface area contributed by atoms with Crippen LogP contribution in [0.25, 0.3) is 0 Å². The Labute approximate surface area is 126 Å². The average Bonchev–Trinajstić information content (AvgIpc) is 2.43. The molecule has 0 saturated carbocycles. The molecule has 1 aromatic carbocycles. The van der Waals surface area contributed by atoms with Crippen LogP contribution in [0.3, 0.4) is 0 Å². The van der Waals surface area contributed by atoms with Gasteiger partial charge < -0.3 is 14.7 Å². The minimum Gasteiger partial charge on any atom is -0.494 e. The van der Waals surface area contributed by atoms with Crippen molar-refractivity contribution in [3.8, 4) is 5.75 Å². The first-order chi connectivity index (χ1) is 10.0. The van der Waals surface area contributed by atoms with Crippen LogP contribution in [0.2, 0.25) is 0 Å². The van der Waals surface area contributed by atoms with E-state index in [0.29, 0.717) is 12.2 Å². The monoisotopic (exact) mass is 291 g/mol. The van der Waals surface area contributed by atoms with Crippen molar-refractivity contribution < 1.29 is 14.6 Å². The lowest BCUT2D eigenvalue weighted by molar-refractivity contribution is 0.0697. The molecule has 116 valence electrons. The van der Waals surface area contributed by atoms with Crippen molar-refractivity contribution in [1.29, 1.82) is 0 Å². The minimum absolute atomic E-state index is 0.290. The van der Waals surface area contributed by atoms with Gasteiger partial charge in [-0.2, -0.15) is 0 Å². The molecule has 0 aromatic heterocycles. The number of hydrogen-bond donors (Lipinski definition) is 1. The van der Waals surface area contributed by atoms with Crippen molar-refractivity contribution in [2.75, 3.05) is 26.2 Å². The summed E-state index contributed by atoms with van der Waals surface area (Å²) in [5.41, 5.74) is 0.290. The Morgan fingerprint density at radius 1 is 1.24 bits per heavy atom. The molecule has 0 aliphatic carbocycles. The van der Waals surface area contributed by atoms with Crippen LogP contribution in [-0.2, 0) is 0 Å². The van der Waals surface area contributed by atoms with E-state index < -0.39 is 5.97 Å². The van der Waals surface area contributed by atoms with E-state index in [0.717, 1.165) is 30.6 Å². The van der Waals surface area contributed by atoms with Crippen LogP contribution >= 0.6 is 0 Å². The fraction of sp³-hybridized carbons (Fsp3) is 0.588. The Bertz CT molecular complexity index is 448. The molecule has 1 N–H and O–H groups in total. The molecule has 2 rings (SSSR count). The second-order valence-corrected chi connectivity index (χ2v) is 6.24. The van der Waals surface area contributed by atoms with Gasteiger partial charge in [0.25, 0.3) is 0 Å². The predicted molar refractivity (Wildman–Crippen MR) is 82.9 cm³/mol. The summed E-state index contributed by atoms with van der Waals surface area (Å²) < 4.78 is 5.67. The molecule has 2 atom stereocenters. The molecule has 4 heteroatoms. The second kappa shape index (κ2) is 7.46. The zero-order chi connectivity index (χ0) is 15.2. The molecule has 0 bridgehead atoms. The van der Waals surface area contributed by atoms with Crippen LogP contribution < -0.4 is 4.74 Å². The van der Waals surface area contributed by atoms with Crippen molar-refractivity contribution >= 4 is 5.97 Å². The second-order valence-electron chi connectivity index (χ2n) is 6.24. The third kappa shape index (κ3) is 5.05. The molecule has 0 radical (unpaired) electrons. The highest BCUT2D eigenvalue weighted by Crippen LogP contribution is 2.21. The number of carboxylic acids is 1. The van der Waals surface area contributed by atoms with Gasteiger partial charge in [0.1, 0.15) is 5.75 Å². The average molecular weight is 291 g/mol. The van der Waals surface area contributed by atoms with Gasteiger partial charge in [-0.05, 0) is 48.9 Å². The molecule has 21 heavy (non-hydrogen) atoms. The zero-order valence-electron chi connectivity index (χ0n) is 12.9.